The van der Waals surface area contributed by atoms with E-state index in [4.69, 9.17) is 5.73 Å². The van der Waals surface area contributed by atoms with Crippen molar-refractivity contribution in [2.75, 3.05) is 6.54 Å². The first-order valence-corrected chi connectivity index (χ1v) is 6.53. The maximum Gasteiger partial charge on any atom is 0.239 e. The minimum atomic E-state index is -0.387. The Morgan fingerprint density at radius 1 is 1.59 bits per heavy atom. The van der Waals surface area contributed by atoms with Crippen LogP contribution in [0.15, 0.2) is 12.1 Å². The number of carbonyl (C=O) groups is 1. The molecule has 1 fully saturated rings. The maximum absolute atomic E-state index is 11.9. The van der Waals surface area contributed by atoms with Crippen LogP contribution in [0.4, 0.5) is 0 Å². The summed E-state index contributed by atoms with van der Waals surface area (Å²) in [7, 11) is 0. The lowest BCUT2D eigenvalue weighted by atomic mass is 10.1. The molecule has 1 aliphatic heterocycles. The molecule has 1 aromatic rings. The number of likely N-dealkylation sites (tertiary alicyclic amines) is 1. The average molecular weight is 275 g/mol. The van der Waals surface area contributed by atoms with Crippen molar-refractivity contribution in [3.8, 4) is 0 Å². The smallest absolute Gasteiger partial charge is 0.239 e. The van der Waals surface area contributed by atoms with Gasteiger partial charge in [-0.1, -0.05) is 0 Å². The van der Waals surface area contributed by atoms with Crippen molar-refractivity contribution < 1.29 is 4.79 Å². The predicted molar refractivity (Wildman–Crippen MR) is 73.6 cm³/mol. The predicted octanol–water partition coefficient (Wildman–Crippen LogP) is 2.49. The van der Waals surface area contributed by atoms with E-state index in [1.54, 1.807) is 18.3 Å². The number of rotatable bonds is 2. The van der Waals surface area contributed by atoms with Crippen molar-refractivity contribution in [3.63, 3.8) is 0 Å². The molecular formula is C12H19ClN2OS. The van der Waals surface area contributed by atoms with Gasteiger partial charge in [-0.3, -0.25) is 4.79 Å². The van der Waals surface area contributed by atoms with Crippen LogP contribution >= 0.6 is 23.7 Å². The molecule has 2 N–H and O–H groups in total. The largest absolute Gasteiger partial charge is 0.334 e. The Bertz CT molecular complexity index is 392. The first-order chi connectivity index (χ1) is 7.59. The third-order valence-corrected chi connectivity index (χ3v) is 4.12. The fourth-order valence-electron chi connectivity index (χ4n) is 2.22. The van der Waals surface area contributed by atoms with Gasteiger partial charge in [-0.15, -0.1) is 23.7 Å². The molecule has 2 atom stereocenters. The van der Waals surface area contributed by atoms with Crippen LogP contribution in [0.3, 0.4) is 0 Å². The van der Waals surface area contributed by atoms with Crippen molar-refractivity contribution in [1.29, 1.82) is 0 Å². The second-order valence-corrected chi connectivity index (χ2v) is 5.75. The topological polar surface area (TPSA) is 46.3 Å². The molecule has 0 aromatic carbocycles. The highest BCUT2D eigenvalue weighted by molar-refractivity contribution is 7.12. The van der Waals surface area contributed by atoms with Gasteiger partial charge in [0.15, 0.2) is 0 Å². The molecule has 1 saturated heterocycles. The van der Waals surface area contributed by atoms with Gasteiger partial charge in [-0.25, -0.2) is 0 Å². The number of hydrogen-bond acceptors (Lipinski definition) is 3. The summed E-state index contributed by atoms with van der Waals surface area (Å²) in [4.78, 5) is 16.5. The van der Waals surface area contributed by atoms with E-state index in [-0.39, 0.29) is 30.4 Å². The van der Waals surface area contributed by atoms with Gasteiger partial charge < -0.3 is 10.6 Å². The number of aryl methyl sites for hydroxylation is 1. The van der Waals surface area contributed by atoms with E-state index in [0.717, 1.165) is 19.4 Å². The first-order valence-electron chi connectivity index (χ1n) is 5.72. The molecule has 1 unspecified atom stereocenters. The Balaban J connectivity index is 0.00000144. The Labute approximate surface area is 112 Å². The van der Waals surface area contributed by atoms with Crippen LogP contribution in [0.1, 0.15) is 35.6 Å². The second-order valence-electron chi connectivity index (χ2n) is 4.43. The summed E-state index contributed by atoms with van der Waals surface area (Å²) in [5.41, 5.74) is 5.67. The number of thiophene rings is 1. The van der Waals surface area contributed by atoms with E-state index in [1.807, 2.05) is 4.90 Å². The Hall–Kier alpha value is -0.580. The van der Waals surface area contributed by atoms with Crippen LogP contribution in [0.2, 0.25) is 0 Å². The SMILES string of the molecule is Cc1ccc(C2CCCN2C(=O)[C@@H](C)N)s1.Cl. The quantitative estimate of drug-likeness (QED) is 0.901. The van der Waals surface area contributed by atoms with Crippen molar-refractivity contribution in [2.24, 2.45) is 5.73 Å². The van der Waals surface area contributed by atoms with Crippen LogP contribution in [0.25, 0.3) is 0 Å². The number of amides is 1. The lowest BCUT2D eigenvalue weighted by Crippen LogP contribution is -2.41. The summed E-state index contributed by atoms with van der Waals surface area (Å²) in [6.07, 6.45) is 2.15. The molecule has 5 heteroatoms. The molecule has 2 rings (SSSR count). The highest BCUT2D eigenvalue weighted by atomic mass is 35.5. The molecule has 3 nitrogen and oxygen atoms in total. The van der Waals surface area contributed by atoms with Crippen LogP contribution in [-0.4, -0.2) is 23.4 Å². The van der Waals surface area contributed by atoms with E-state index < -0.39 is 0 Å². The molecule has 0 spiro atoms. The fraction of sp³-hybridized carbons (Fsp3) is 0.583. The minimum absolute atomic E-state index is 0. The summed E-state index contributed by atoms with van der Waals surface area (Å²) in [5, 5.41) is 0. The second kappa shape index (κ2) is 5.85. The highest BCUT2D eigenvalue weighted by Crippen LogP contribution is 2.35. The monoisotopic (exact) mass is 274 g/mol. The lowest BCUT2D eigenvalue weighted by molar-refractivity contribution is -0.133. The standard InChI is InChI=1S/C12H18N2OS.ClH/c1-8-5-6-11(16-8)10-4-3-7-14(10)12(15)9(2)13;/h5-6,9-10H,3-4,7,13H2,1-2H3;1H/t9-,10?;/m1./s1. The molecule has 0 radical (unpaired) electrons. The van der Waals surface area contributed by atoms with Gasteiger partial charge in [0.05, 0.1) is 12.1 Å². The van der Waals surface area contributed by atoms with Crippen molar-refractivity contribution in [2.45, 2.75) is 38.8 Å². The summed E-state index contributed by atoms with van der Waals surface area (Å²) in [6.45, 7) is 4.71. The number of nitrogens with zero attached hydrogens (tertiary/aromatic N) is 1. The first kappa shape index (κ1) is 14.5. The van der Waals surface area contributed by atoms with Crippen molar-refractivity contribution in [3.05, 3.63) is 21.9 Å². The van der Waals surface area contributed by atoms with E-state index in [9.17, 15) is 4.79 Å². The van der Waals surface area contributed by atoms with Crippen LogP contribution < -0.4 is 5.73 Å². The molecule has 0 saturated carbocycles. The molecule has 0 aliphatic carbocycles. The maximum atomic E-state index is 11.9. The molecule has 2 heterocycles. The Morgan fingerprint density at radius 2 is 2.29 bits per heavy atom. The summed E-state index contributed by atoms with van der Waals surface area (Å²) in [5.74, 6) is 0.0774. The van der Waals surface area contributed by atoms with Gasteiger partial charge in [0.25, 0.3) is 0 Å². The zero-order valence-corrected chi connectivity index (χ0v) is 11.8. The van der Waals surface area contributed by atoms with E-state index >= 15 is 0 Å². The summed E-state index contributed by atoms with van der Waals surface area (Å²) < 4.78 is 0. The summed E-state index contributed by atoms with van der Waals surface area (Å²) in [6, 6.07) is 4.13. The van der Waals surface area contributed by atoms with Crippen molar-refractivity contribution in [1.82, 2.24) is 4.90 Å². The van der Waals surface area contributed by atoms with Crippen LogP contribution in [0.5, 0.6) is 0 Å². The molecule has 1 aliphatic rings. The number of nitrogens with two attached hydrogens (primary N) is 1. The fourth-order valence-corrected chi connectivity index (χ4v) is 3.25. The zero-order valence-electron chi connectivity index (χ0n) is 10.2. The lowest BCUT2D eigenvalue weighted by Gasteiger charge is -2.25. The van der Waals surface area contributed by atoms with Gasteiger partial charge in [0, 0.05) is 16.3 Å². The minimum Gasteiger partial charge on any atom is -0.334 e. The summed E-state index contributed by atoms with van der Waals surface area (Å²) >= 11 is 1.78. The third kappa shape index (κ3) is 3.00. The van der Waals surface area contributed by atoms with E-state index in [0.29, 0.717) is 0 Å². The Kier molecular flexibility index (Phi) is 4.98. The van der Waals surface area contributed by atoms with E-state index in [1.165, 1.54) is 9.75 Å². The average Bonchev–Trinajstić information content (AvgIpc) is 2.83. The zero-order chi connectivity index (χ0) is 11.7. The number of halogens is 1. The molecule has 96 valence electrons. The molecule has 17 heavy (non-hydrogen) atoms. The van der Waals surface area contributed by atoms with Crippen LogP contribution in [0, 0.1) is 6.92 Å². The van der Waals surface area contributed by atoms with Gasteiger partial charge in [-0.2, -0.15) is 0 Å². The van der Waals surface area contributed by atoms with Gasteiger partial charge in [0.1, 0.15) is 0 Å². The van der Waals surface area contributed by atoms with Crippen molar-refractivity contribution >= 4 is 29.7 Å². The molecule has 1 aromatic heterocycles. The normalized spacial score (nSPS) is 21.1. The number of hydrogen-bond donors (Lipinski definition) is 1. The van der Waals surface area contributed by atoms with Gasteiger partial charge >= 0.3 is 0 Å². The van der Waals surface area contributed by atoms with Gasteiger partial charge in [-0.05, 0) is 38.8 Å². The Morgan fingerprint density at radius 3 is 2.82 bits per heavy atom. The highest BCUT2D eigenvalue weighted by Gasteiger charge is 2.31. The van der Waals surface area contributed by atoms with E-state index in [2.05, 4.69) is 19.1 Å². The van der Waals surface area contributed by atoms with Gasteiger partial charge in [0.2, 0.25) is 5.91 Å². The third-order valence-electron chi connectivity index (χ3n) is 3.01. The number of carbonyl (C=O) groups excluding carboxylic acids is 1. The van der Waals surface area contributed by atoms with Crippen LogP contribution in [-0.2, 0) is 4.79 Å². The molecule has 1 amide bonds. The molecular weight excluding hydrogens is 256 g/mol. The molecule has 0 bridgehead atoms.